The first-order valence-electron chi connectivity index (χ1n) is 15.5. The Balaban J connectivity index is 0.00000260. The number of carboxylic acid groups (broad SMARTS) is 1. The van der Waals surface area contributed by atoms with Gasteiger partial charge in [-0.25, -0.2) is 4.79 Å². The van der Waals surface area contributed by atoms with E-state index in [0.29, 0.717) is 21.5 Å². The quantitative estimate of drug-likeness (QED) is 0.159. The van der Waals surface area contributed by atoms with Gasteiger partial charge in [0.2, 0.25) is 0 Å². The van der Waals surface area contributed by atoms with Crippen molar-refractivity contribution in [2.75, 3.05) is 5.32 Å². The van der Waals surface area contributed by atoms with Crippen LogP contribution in [0.25, 0.3) is 27.7 Å². The van der Waals surface area contributed by atoms with Gasteiger partial charge in [0.25, 0.3) is 5.91 Å². The van der Waals surface area contributed by atoms with Gasteiger partial charge in [-0.3, -0.25) is 4.79 Å². The van der Waals surface area contributed by atoms with Crippen LogP contribution in [-0.4, -0.2) is 26.1 Å². The molecule has 0 fully saturated rings. The van der Waals surface area contributed by atoms with Gasteiger partial charge >= 0.3 is 35.5 Å². The van der Waals surface area contributed by atoms with E-state index in [4.69, 9.17) is 11.6 Å². The molecule has 6 aromatic rings. The van der Waals surface area contributed by atoms with Gasteiger partial charge in [0, 0.05) is 39.6 Å². The minimum Gasteiger partial charge on any atom is -1.00 e. The smallest absolute Gasteiger partial charge is 1.00 e. The number of hydrogen-bond donors (Lipinski definition) is 2. The number of carbonyl (C=O) groups excluding carboxylic acids is 1. The van der Waals surface area contributed by atoms with Crippen LogP contribution in [0.3, 0.4) is 0 Å². The number of hydrogen-bond acceptors (Lipinski definition) is 2. The Morgan fingerprint density at radius 1 is 0.830 bits per heavy atom. The zero-order valence-electron chi connectivity index (χ0n) is 28.2. The third-order valence-electron chi connectivity index (χ3n) is 8.48. The molecule has 0 aliphatic rings. The second-order valence-electron chi connectivity index (χ2n) is 11.7. The molecule has 0 saturated carbocycles. The van der Waals surface area contributed by atoms with Gasteiger partial charge in [0.05, 0.1) is 11.2 Å². The van der Waals surface area contributed by atoms with Gasteiger partial charge in [-0.1, -0.05) is 79.5 Å². The second kappa shape index (κ2) is 14.8. The van der Waals surface area contributed by atoms with Gasteiger partial charge in [-0.2, -0.15) is 0 Å². The molecule has 0 atom stereocenters. The number of anilines is 1. The number of rotatable bonds is 10. The molecule has 0 aliphatic heterocycles. The molecule has 6 rings (SSSR count). The SMILES string of the molecule is CCCCc1ccc(-c2ccc3c(NC(=O)c4cccc(-n5c(C)ccc5C)c4)c(C(=O)O)n(Cc4cccc(Cl)c4)c3c2)cc1.[H-].[Na+]. The number of halogens is 1. The maximum atomic E-state index is 13.8. The van der Waals surface area contributed by atoms with E-state index in [-0.39, 0.29) is 54.8 Å². The Morgan fingerprint density at radius 2 is 1.53 bits per heavy atom. The number of nitrogens with one attached hydrogen (secondary N) is 1. The van der Waals surface area contributed by atoms with Crippen LogP contribution in [0.15, 0.2) is 103 Å². The molecule has 0 spiro atoms. The van der Waals surface area contributed by atoms with Crippen molar-refractivity contribution in [3.63, 3.8) is 0 Å². The van der Waals surface area contributed by atoms with Crippen molar-refractivity contribution in [2.24, 2.45) is 0 Å². The van der Waals surface area contributed by atoms with Crippen LogP contribution in [0, 0.1) is 13.8 Å². The van der Waals surface area contributed by atoms with Gasteiger partial charge < -0.3 is 21.0 Å². The maximum absolute atomic E-state index is 13.8. The van der Waals surface area contributed by atoms with Crippen molar-refractivity contribution < 1.29 is 45.7 Å². The van der Waals surface area contributed by atoms with Crippen LogP contribution in [0.4, 0.5) is 5.69 Å². The molecule has 0 saturated heterocycles. The van der Waals surface area contributed by atoms with Crippen molar-refractivity contribution in [1.29, 1.82) is 0 Å². The third-order valence-corrected chi connectivity index (χ3v) is 8.71. The Kier molecular flexibility index (Phi) is 10.8. The van der Waals surface area contributed by atoms with Crippen LogP contribution in [-0.2, 0) is 13.0 Å². The molecule has 1 amide bonds. The van der Waals surface area contributed by atoms with E-state index in [9.17, 15) is 14.7 Å². The van der Waals surface area contributed by atoms with E-state index in [0.717, 1.165) is 53.0 Å². The normalized spacial score (nSPS) is 11.0. The number of aryl methyl sites for hydroxylation is 3. The minimum atomic E-state index is -1.14. The molecule has 47 heavy (non-hydrogen) atoms. The molecule has 0 aliphatic carbocycles. The number of aromatic carboxylic acids is 1. The van der Waals surface area contributed by atoms with E-state index in [2.05, 4.69) is 41.1 Å². The van der Waals surface area contributed by atoms with Gasteiger partial charge in [0.1, 0.15) is 0 Å². The minimum absolute atomic E-state index is 0. The molecular weight excluding hydrogens is 617 g/mol. The molecule has 6 nitrogen and oxygen atoms in total. The fourth-order valence-electron chi connectivity index (χ4n) is 6.15. The molecule has 234 valence electrons. The predicted molar refractivity (Wildman–Crippen MR) is 188 cm³/mol. The number of nitrogens with zero attached hydrogens (tertiary/aromatic N) is 2. The Hall–Kier alpha value is -4.07. The van der Waals surface area contributed by atoms with Crippen LogP contribution < -0.4 is 34.9 Å². The Morgan fingerprint density at radius 3 is 2.21 bits per heavy atom. The summed E-state index contributed by atoms with van der Waals surface area (Å²) in [6, 6.07) is 33.2. The summed E-state index contributed by atoms with van der Waals surface area (Å²) >= 11 is 6.31. The molecule has 0 radical (unpaired) electrons. The van der Waals surface area contributed by atoms with Crippen molar-refractivity contribution in [3.05, 3.63) is 142 Å². The largest absolute Gasteiger partial charge is 1.00 e. The van der Waals surface area contributed by atoms with Crippen LogP contribution in [0.2, 0.25) is 5.02 Å². The molecule has 0 unspecified atom stereocenters. The number of carboxylic acids is 1. The molecule has 2 aromatic heterocycles. The third kappa shape index (κ3) is 7.26. The molecular formula is C39H37ClN3NaO3. The standard InChI is InChI=1S/C39H36ClN3O3.Na.H/c1-4-5-8-27-15-17-29(18-16-27)30-19-20-34-35(23-30)42(24-28-9-6-11-32(40)21-28)37(39(45)46)36(34)41-38(44)31-10-7-12-33(22-31)43-25(2)13-14-26(43)3;;/h6-7,9-23H,4-5,8,24H2,1-3H3,(H,41,44)(H,45,46);;/q;+1;-1. The summed E-state index contributed by atoms with van der Waals surface area (Å²) in [5.41, 5.74) is 8.49. The summed E-state index contributed by atoms with van der Waals surface area (Å²) in [6.45, 7) is 6.48. The second-order valence-corrected chi connectivity index (χ2v) is 12.2. The van der Waals surface area contributed by atoms with Gasteiger partial charge in [0.15, 0.2) is 5.69 Å². The van der Waals surface area contributed by atoms with Gasteiger partial charge in [-0.05, 0) is 97.5 Å². The zero-order chi connectivity index (χ0) is 32.4. The molecule has 2 heterocycles. The monoisotopic (exact) mass is 653 g/mol. The van der Waals surface area contributed by atoms with E-state index < -0.39 is 5.97 Å². The van der Waals surface area contributed by atoms with E-state index >= 15 is 0 Å². The summed E-state index contributed by atoms with van der Waals surface area (Å²) in [4.78, 5) is 26.7. The number of benzene rings is 4. The van der Waals surface area contributed by atoms with Crippen LogP contribution in [0.5, 0.6) is 0 Å². The van der Waals surface area contributed by atoms with Gasteiger partial charge in [-0.15, -0.1) is 0 Å². The van der Waals surface area contributed by atoms with Crippen LogP contribution in [0.1, 0.15) is 64.6 Å². The number of aromatic nitrogens is 2. The van der Waals surface area contributed by atoms with Crippen molar-refractivity contribution in [2.45, 2.75) is 46.6 Å². The Labute approximate surface area is 303 Å². The number of unbranched alkanes of at least 4 members (excludes halogenated alkanes) is 1. The van der Waals surface area contributed by atoms with E-state index in [1.54, 1.807) is 16.7 Å². The summed E-state index contributed by atoms with van der Waals surface area (Å²) in [7, 11) is 0. The van der Waals surface area contributed by atoms with Crippen LogP contribution >= 0.6 is 11.6 Å². The fourth-order valence-corrected chi connectivity index (χ4v) is 6.37. The molecule has 4 aromatic carbocycles. The van der Waals surface area contributed by atoms with Crippen molar-refractivity contribution in [1.82, 2.24) is 9.13 Å². The first-order valence-corrected chi connectivity index (χ1v) is 15.9. The molecule has 8 heteroatoms. The topological polar surface area (TPSA) is 76.3 Å². The molecule has 0 bridgehead atoms. The first kappa shape index (κ1) is 34.3. The average Bonchev–Trinajstić information content (AvgIpc) is 3.55. The number of fused-ring (bicyclic) bond motifs is 1. The fraction of sp³-hybridized carbons (Fsp3) is 0.179. The predicted octanol–water partition coefficient (Wildman–Crippen LogP) is 6.83. The summed E-state index contributed by atoms with van der Waals surface area (Å²) in [5, 5.41) is 14.8. The zero-order valence-corrected chi connectivity index (χ0v) is 29.9. The van der Waals surface area contributed by atoms with Crippen molar-refractivity contribution >= 4 is 40.1 Å². The average molecular weight is 654 g/mol. The van der Waals surface area contributed by atoms with Crippen molar-refractivity contribution in [3.8, 4) is 16.8 Å². The van der Waals surface area contributed by atoms with E-state index in [1.165, 1.54) is 5.56 Å². The number of carbonyl (C=O) groups is 2. The summed E-state index contributed by atoms with van der Waals surface area (Å²) in [5.74, 6) is -1.52. The Bertz CT molecular complexity index is 2070. The van der Waals surface area contributed by atoms with E-state index in [1.807, 2.05) is 80.6 Å². The summed E-state index contributed by atoms with van der Waals surface area (Å²) < 4.78 is 3.83. The maximum Gasteiger partial charge on any atom is 1.00 e. The number of amides is 1. The summed E-state index contributed by atoms with van der Waals surface area (Å²) in [6.07, 6.45) is 3.33. The molecule has 2 N–H and O–H groups in total. The first-order chi connectivity index (χ1) is 22.2.